The van der Waals surface area contributed by atoms with Crippen LogP contribution in [0.5, 0.6) is 0 Å². The Balaban J connectivity index is 3.85. The maximum atomic E-state index is 10.9. The lowest BCUT2D eigenvalue weighted by Crippen LogP contribution is -2.20. The van der Waals surface area contributed by atoms with Gasteiger partial charge in [-0.05, 0) is 6.92 Å². The number of nitrogens with two attached hydrogens (primary N) is 1. The summed E-state index contributed by atoms with van der Waals surface area (Å²) in [5.74, 6) is -5.43. The van der Waals surface area contributed by atoms with Crippen LogP contribution in [-0.2, 0) is 0 Å². The normalized spacial score (nSPS) is 9.94. The smallest absolute Gasteiger partial charge is 0.340 e. The summed E-state index contributed by atoms with van der Waals surface area (Å²) in [5, 5.41) is 26.6. The van der Waals surface area contributed by atoms with Gasteiger partial charge in [0.15, 0.2) is 0 Å². The molecule has 0 atom stereocenters. The van der Waals surface area contributed by atoms with E-state index in [4.69, 9.17) is 21.1 Å². The van der Waals surface area contributed by atoms with Gasteiger partial charge >= 0.3 is 17.9 Å². The Morgan fingerprint density at radius 2 is 1.35 bits per heavy atom. The molecule has 1 rings (SSSR count). The number of nitrogen functional groups attached to an aromatic ring is 1. The number of carboxylic acids is 3. The number of carbonyl (C=O) groups is 3. The molecule has 0 aliphatic heterocycles. The van der Waals surface area contributed by atoms with Crippen molar-refractivity contribution in [3.8, 4) is 0 Å². The molecule has 5 N–H and O–H groups in total. The molecule has 0 aliphatic carbocycles. The van der Waals surface area contributed by atoms with Crippen molar-refractivity contribution < 1.29 is 29.7 Å². The second-order valence-electron chi connectivity index (χ2n) is 3.12. The molecule has 17 heavy (non-hydrogen) atoms. The van der Waals surface area contributed by atoms with E-state index in [1.54, 1.807) is 0 Å². The van der Waals surface area contributed by atoms with Crippen LogP contribution < -0.4 is 5.73 Å². The van der Waals surface area contributed by atoms with Crippen LogP contribution in [0.15, 0.2) is 0 Å². The minimum atomic E-state index is -1.68. The first-order valence-corrected chi connectivity index (χ1v) is 4.27. The first-order valence-electron chi connectivity index (χ1n) is 4.27. The summed E-state index contributed by atoms with van der Waals surface area (Å²) in [4.78, 5) is 36.2. The monoisotopic (exact) mass is 240 g/mol. The van der Waals surface area contributed by atoms with Crippen LogP contribution in [0.4, 0.5) is 5.82 Å². The summed E-state index contributed by atoms with van der Waals surface area (Å²) in [6, 6.07) is 0. The largest absolute Gasteiger partial charge is 0.478 e. The van der Waals surface area contributed by atoms with Gasteiger partial charge in [0.1, 0.15) is 11.4 Å². The Kier molecular flexibility index (Phi) is 2.98. The quantitative estimate of drug-likeness (QED) is 0.579. The molecule has 0 spiro atoms. The van der Waals surface area contributed by atoms with Gasteiger partial charge in [0.25, 0.3) is 0 Å². The molecule has 0 unspecified atom stereocenters. The molecule has 8 heteroatoms. The van der Waals surface area contributed by atoms with Gasteiger partial charge in [0.2, 0.25) is 0 Å². The Morgan fingerprint density at radius 3 is 1.71 bits per heavy atom. The first-order chi connectivity index (χ1) is 7.77. The number of hydrogen-bond acceptors (Lipinski definition) is 5. The van der Waals surface area contributed by atoms with Gasteiger partial charge in [-0.3, -0.25) is 0 Å². The zero-order valence-electron chi connectivity index (χ0n) is 8.59. The van der Waals surface area contributed by atoms with Crippen LogP contribution in [0.1, 0.15) is 36.8 Å². The van der Waals surface area contributed by atoms with Crippen LogP contribution in [0.2, 0.25) is 0 Å². The number of hydrogen-bond donors (Lipinski definition) is 4. The minimum Gasteiger partial charge on any atom is -0.478 e. The van der Waals surface area contributed by atoms with Crippen LogP contribution in [0.3, 0.4) is 0 Å². The maximum Gasteiger partial charge on any atom is 0.340 e. The number of nitrogens with zero attached hydrogens (tertiary/aromatic N) is 1. The molecule has 0 aliphatic rings. The van der Waals surface area contributed by atoms with Crippen molar-refractivity contribution in [1.29, 1.82) is 0 Å². The van der Waals surface area contributed by atoms with E-state index in [0.29, 0.717) is 0 Å². The summed E-state index contributed by atoms with van der Waals surface area (Å²) in [6.07, 6.45) is 0. The fourth-order valence-electron chi connectivity index (χ4n) is 1.42. The van der Waals surface area contributed by atoms with Crippen LogP contribution >= 0.6 is 0 Å². The molecular formula is C9H8N2O6. The summed E-state index contributed by atoms with van der Waals surface area (Å²) >= 11 is 0. The number of aromatic carboxylic acids is 3. The van der Waals surface area contributed by atoms with Gasteiger partial charge in [-0.1, -0.05) is 0 Å². The number of pyridine rings is 1. The highest BCUT2D eigenvalue weighted by Crippen LogP contribution is 2.22. The predicted octanol–water partition coefficient (Wildman–Crippen LogP) is 0.0668. The lowest BCUT2D eigenvalue weighted by molar-refractivity contribution is 0.0632. The molecule has 1 aromatic heterocycles. The third-order valence-corrected chi connectivity index (χ3v) is 2.05. The number of anilines is 1. The summed E-state index contributed by atoms with van der Waals surface area (Å²) in [7, 11) is 0. The molecule has 90 valence electrons. The highest BCUT2D eigenvalue weighted by Gasteiger charge is 2.29. The molecule has 0 radical (unpaired) electrons. The van der Waals surface area contributed by atoms with E-state index in [1.165, 1.54) is 6.92 Å². The van der Waals surface area contributed by atoms with Gasteiger partial charge in [0.05, 0.1) is 16.8 Å². The third kappa shape index (κ3) is 2.00. The topological polar surface area (TPSA) is 151 Å². The van der Waals surface area contributed by atoms with Crippen molar-refractivity contribution in [1.82, 2.24) is 4.98 Å². The molecule has 0 aromatic carbocycles. The molecule has 0 saturated carbocycles. The van der Waals surface area contributed by atoms with E-state index in [2.05, 4.69) is 4.98 Å². The van der Waals surface area contributed by atoms with Gasteiger partial charge in [-0.25, -0.2) is 19.4 Å². The SMILES string of the molecule is Cc1nc(N)c(C(=O)O)c(C(=O)O)c1C(=O)O. The summed E-state index contributed by atoms with van der Waals surface area (Å²) < 4.78 is 0. The van der Waals surface area contributed by atoms with Gasteiger partial charge in [-0.2, -0.15) is 0 Å². The Hall–Kier alpha value is -2.64. The van der Waals surface area contributed by atoms with Crippen LogP contribution in [0.25, 0.3) is 0 Å². The molecule has 1 aromatic rings. The maximum absolute atomic E-state index is 10.9. The Bertz CT molecular complexity index is 499. The number of rotatable bonds is 3. The zero-order chi connectivity index (χ0) is 13.3. The number of aryl methyl sites for hydroxylation is 1. The average Bonchev–Trinajstić information content (AvgIpc) is 2.14. The summed E-state index contributed by atoms with van der Waals surface area (Å²) in [6.45, 7) is 1.23. The standard InChI is InChI=1S/C9H8N2O6/c1-2-3(7(12)13)4(8(14)15)5(9(16)17)6(10)11-2/h1H3,(H2,10,11)(H,12,13)(H,14,15)(H,16,17). The molecular weight excluding hydrogens is 232 g/mol. The van der Waals surface area contributed by atoms with Crippen LogP contribution in [-0.4, -0.2) is 38.2 Å². The second-order valence-corrected chi connectivity index (χ2v) is 3.12. The minimum absolute atomic E-state index is 0.155. The predicted molar refractivity (Wildman–Crippen MR) is 54.3 cm³/mol. The van der Waals surface area contributed by atoms with Gasteiger partial charge < -0.3 is 21.1 Å². The van der Waals surface area contributed by atoms with E-state index in [1.807, 2.05) is 0 Å². The summed E-state index contributed by atoms with van der Waals surface area (Å²) in [5.41, 5.74) is 2.77. The van der Waals surface area contributed by atoms with Crippen molar-refractivity contribution in [3.63, 3.8) is 0 Å². The molecule has 0 bridgehead atoms. The number of carboxylic acid groups (broad SMARTS) is 3. The molecule has 8 nitrogen and oxygen atoms in total. The zero-order valence-corrected chi connectivity index (χ0v) is 8.59. The molecule has 1 heterocycles. The molecule has 0 amide bonds. The Morgan fingerprint density at radius 1 is 0.941 bits per heavy atom. The average molecular weight is 240 g/mol. The van der Waals surface area contributed by atoms with Crippen molar-refractivity contribution in [3.05, 3.63) is 22.4 Å². The van der Waals surface area contributed by atoms with E-state index in [-0.39, 0.29) is 5.69 Å². The lowest BCUT2D eigenvalue weighted by atomic mass is 10.0. The van der Waals surface area contributed by atoms with Crippen molar-refractivity contribution in [2.24, 2.45) is 0 Å². The highest BCUT2D eigenvalue weighted by molar-refractivity contribution is 6.11. The lowest BCUT2D eigenvalue weighted by Gasteiger charge is -2.10. The van der Waals surface area contributed by atoms with Crippen molar-refractivity contribution in [2.45, 2.75) is 6.92 Å². The molecule has 0 fully saturated rings. The Labute approximate surface area is 94.3 Å². The van der Waals surface area contributed by atoms with Crippen molar-refractivity contribution in [2.75, 3.05) is 5.73 Å². The number of aromatic nitrogens is 1. The molecule has 0 saturated heterocycles. The van der Waals surface area contributed by atoms with Gasteiger partial charge in [0, 0.05) is 0 Å². The van der Waals surface area contributed by atoms with E-state index in [9.17, 15) is 14.4 Å². The second kappa shape index (κ2) is 4.08. The third-order valence-electron chi connectivity index (χ3n) is 2.05. The van der Waals surface area contributed by atoms with Crippen molar-refractivity contribution >= 4 is 23.7 Å². The van der Waals surface area contributed by atoms with E-state index < -0.39 is 40.4 Å². The van der Waals surface area contributed by atoms with E-state index in [0.717, 1.165) is 0 Å². The van der Waals surface area contributed by atoms with Gasteiger partial charge in [-0.15, -0.1) is 0 Å². The fourth-order valence-corrected chi connectivity index (χ4v) is 1.42. The first kappa shape index (κ1) is 12.4. The van der Waals surface area contributed by atoms with Crippen LogP contribution in [0, 0.1) is 6.92 Å². The highest BCUT2D eigenvalue weighted by atomic mass is 16.4. The fraction of sp³-hybridized carbons (Fsp3) is 0.111. The van der Waals surface area contributed by atoms with E-state index >= 15 is 0 Å².